The molecule has 0 bridgehead atoms. The molecule has 1 fully saturated rings. The van der Waals surface area contributed by atoms with Crippen LogP contribution in [0.25, 0.3) is 0 Å². The fourth-order valence-electron chi connectivity index (χ4n) is 2.07. The number of nitriles is 1. The Morgan fingerprint density at radius 3 is 2.88 bits per heavy atom. The molecule has 0 heterocycles. The van der Waals surface area contributed by atoms with Gasteiger partial charge in [0.15, 0.2) is 0 Å². The van der Waals surface area contributed by atoms with Crippen LogP contribution in [-0.4, -0.2) is 17.3 Å². The molecular weight excluding hydrogens is 207 g/mol. The molecule has 0 unspecified atom stereocenters. The average Bonchev–Trinajstić information content (AvgIpc) is 2.65. The van der Waals surface area contributed by atoms with Crippen LogP contribution in [0.15, 0.2) is 18.2 Å². The molecule has 3 nitrogen and oxygen atoms in total. The van der Waals surface area contributed by atoms with Gasteiger partial charge in [0.05, 0.1) is 17.8 Å². The highest BCUT2D eigenvalue weighted by Crippen LogP contribution is 2.25. The summed E-state index contributed by atoms with van der Waals surface area (Å²) in [6, 6.07) is 6.23. The number of anilines is 1. The predicted molar refractivity (Wildman–Crippen MR) is 58.4 cm³/mol. The summed E-state index contributed by atoms with van der Waals surface area (Å²) in [7, 11) is 0. The zero-order chi connectivity index (χ0) is 11.5. The predicted octanol–water partition coefficient (Wildman–Crippen LogP) is 2.02. The third-order valence-electron chi connectivity index (χ3n) is 2.95. The van der Waals surface area contributed by atoms with Crippen LogP contribution in [0.2, 0.25) is 0 Å². The van der Waals surface area contributed by atoms with Crippen LogP contribution in [-0.2, 0) is 0 Å². The number of nitrogens with one attached hydrogen (secondary N) is 1. The SMILES string of the molecule is N#Cc1c(F)cccc1N[C@H]1CCC[C@@H]1O. The molecule has 0 spiro atoms. The number of aliphatic hydroxyl groups excluding tert-OH is 1. The molecule has 2 N–H and O–H groups in total. The number of benzene rings is 1. The highest BCUT2D eigenvalue weighted by molar-refractivity contribution is 5.58. The van der Waals surface area contributed by atoms with E-state index in [1.807, 2.05) is 6.07 Å². The van der Waals surface area contributed by atoms with Crippen molar-refractivity contribution in [3.8, 4) is 6.07 Å². The minimum Gasteiger partial charge on any atom is -0.391 e. The first kappa shape index (κ1) is 10.9. The number of hydrogen-bond acceptors (Lipinski definition) is 3. The first-order chi connectivity index (χ1) is 7.72. The number of rotatable bonds is 2. The maximum absolute atomic E-state index is 13.3. The van der Waals surface area contributed by atoms with Gasteiger partial charge in [0, 0.05) is 0 Å². The Hall–Kier alpha value is -1.60. The molecule has 0 aliphatic heterocycles. The maximum Gasteiger partial charge on any atom is 0.143 e. The Labute approximate surface area is 93.5 Å². The summed E-state index contributed by atoms with van der Waals surface area (Å²) < 4.78 is 13.3. The molecule has 4 heteroatoms. The van der Waals surface area contributed by atoms with Gasteiger partial charge in [-0.3, -0.25) is 0 Å². The van der Waals surface area contributed by atoms with Crippen molar-refractivity contribution in [1.82, 2.24) is 0 Å². The minimum atomic E-state index is -0.528. The molecule has 0 radical (unpaired) electrons. The standard InChI is InChI=1S/C12H13FN2O/c13-9-3-1-4-10(8(9)7-14)15-11-5-2-6-12(11)16/h1,3-4,11-12,15-16H,2,5-6H2/t11-,12-/m0/s1. The molecule has 84 valence electrons. The summed E-state index contributed by atoms with van der Waals surface area (Å²) in [6.45, 7) is 0. The third-order valence-corrected chi connectivity index (χ3v) is 2.95. The number of aliphatic hydroxyl groups is 1. The normalized spacial score (nSPS) is 24.1. The smallest absolute Gasteiger partial charge is 0.143 e. The quantitative estimate of drug-likeness (QED) is 0.801. The van der Waals surface area contributed by atoms with Gasteiger partial charge >= 0.3 is 0 Å². The molecule has 2 atom stereocenters. The first-order valence-corrected chi connectivity index (χ1v) is 5.35. The van der Waals surface area contributed by atoms with E-state index in [2.05, 4.69) is 5.32 Å². The van der Waals surface area contributed by atoms with Gasteiger partial charge in [0.25, 0.3) is 0 Å². The zero-order valence-electron chi connectivity index (χ0n) is 8.78. The van der Waals surface area contributed by atoms with Crippen molar-refractivity contribution in [3.05, 3.63) is 29.6 Å². The molecule has 0 amide bonds. The van der Waals surface area contributed by atoms with Gasteiger partial charge in [0.2, 0.25) is 0 Å². The van der Waals surface area contributed by atoms with Crippen molar-refractivity contribution in [2.24, 2.45) is 0 Å². The molecule has 16 heavy (non-hydrogen) atoms. The monoisotopic (exact) mass is 220 g/mol. The summed E-state index contributed by atoms with van der Waals surface area (Å²) in [5, 5.41) is 21.5. The van der Waals surface area contributed by atoms with Crippen molar-refractivity contribution >= 4 is 5.69 Å². The lowest BCUT2D eigenvalue weighted by molar-refractivity contribution is 0.172. The lowest BCUT2D eigenvalue weighted by atomic mass is 10.1. The molecule has 1 aliphatic carbocycles. The van der Waals surface area contributed by atoms with Gasteiger partial charge in [-0.2, -0.15) is 5.26 Å². The molecule has 1 aliphatic rings. The van der Waals surface area contributed by atoms with E-state index in [0.717, 1.165) is 19.3 Å². The van der Waals surface area contributed by atoms with Crippen LogP contribution in [0.4, 0.5) is 10.1 Å². The van der Waals surface area contributed by atoms with Crippen LogP contribution < -0.4 is 5.32 Å². The van der Waals surface area contributed by atoms with Crippen LogP contribution in [0.3, 0.4) is 0 Å². The summed E-state index contributed by atoms with van der Waals surface area (Å²) in [4.78, 5) is 0. The first-order valence-electron chi connectivity index (χ1n) is 5.35. The van der Waals surface area contributed by atoms with Crippen molar-refractivity contribution in [2.75, 3.05) is 5.32 Å². The van der Waals surface area contributed by atoms with Crippen LogP contribution in [0.5, 0.6) is 0 Å². The highest BCUT2D eigenvalue weighted by Gasteiger charge is 2.25. The Morgan fingerprint density at radius 1 is 1.44 bits per heavy atom. The van der Waals surface area contributed by atoms with E-state index in [1.165, 1.54) is 6.07 Å². The van der Waals surface area contributed by atoms with Gasteiger partial charge in [-0.15, -0.1) is 0 Å². The van der Waals surface area contributed by atoms with Gasteiger partial charge in [0.1, 0.15) is 17.4 Å². The van der Waals surface area contributed by atoms with E-state index in [-0.39, 0.29) is 11.6 Å². The van der Waals surface area contributed by atoms with E-state index in [4.69, 9.17) is 5.26 Å². The van der Waals surface area contributed by atoms with Crippen LogP contribution >= 0.6 is 0 Å². The summed E-state index contributed by atoms with van der Waals surface area (Å²) in [5.74, 6) is -0.528. The largest absolute Gasteiger partial charge is 0.391 e. The molecular formula is C12H13FN2O. The minimum absolute atomic E-state index is 0.0154. The molecule has 0 aromatic heterocycles. The number of nitrogens with zero attached hydrogens (tertiary/aromatic N) is 1. The summed E-state index contributed by atoms with van der Waals surface area (Å²) in [5.41, 5.74) is 0.482. The fraction of sp³-hybridized carbons (Fsp3) is 0.417. The van der Waals surface area contributed by atoms with E-state index < -0.39 is 11.9 Å². The molecule has 1 aromatic carbocycles. The van der Waals surface area contributed by atoms with Gasteiger partial charge in [-0.05, 0) is 31.4 Å². The second-order valence-corrected chi connectivity index (χ2v) is 4.02. The van der Waals surface area contributed by atoms with Crippen LogP contribution in [0, 0.1) is 17.1 Å². The summed E-state index contributed by atoms with van der Waals surface area (Å²) in [6.07, 6.45) is 2.16. The van der Waals surface area contributed by atoms with E-state index in [1.54, 1.807) is 12.1 Å². The van der Waals surface area contributed by atoms with E-state index in [9.17, 15) is 9.50 Å². The van der Waals surface area contributed by atoms with E-state index >= 15 is 0 Å². The average molecular weight is 220 g/mol. The molecule has 1 saturated carbocycles. The maximum atomic E-state index is 13.3. The van der Waals surface area contributed by atoms with Crippen molar-refractivity contribution in [3.63, 3.8) is 0 Å². The van der Waals surface area contributed by atoms with Crippen molar-refractivity contribution < 1.29 is 9.50 Å². The van der Waals surface area contributed by atoms with Crippen molar-refractivity contribution in [1.29, 1.82) is 5.26 Å². The number of halogens is 1. The highest BCUT2D eigenvalue weighted by atomic mass is 19.1. The number of hydrogen-bond donors (Lipinski definition) is 2. The molecule has 1 aromatic rings. The Morgan fingerprint density at radius 2 is 2.25 bits per heavy atom. The van der Waals surface area contributed by atoms with Gasteiger partial charge < -0.3 is 10.4 Å². The lowest BCUT2D eigenvalue weighted by Crippen LogP contribution is -2.28. The molecule has 2 rings (SSSR count). The Balaban J connectivity index is 2.21. The van der Waals surface area contributed by atoms with Gasteiger partial charge in [-0.1, -0.05) is 6.07 Å². The lowest BCUT2D eigenvalue weighted by Gasteiger charge is -2.18. The fourth-order valence-corrected chi connectivity index (χ4v) is 2.07. The van der Waals surface area contributed by atoms with Gasteiger partial charge in [-0.25, -0.2) is 4.39 Å². The third kappa shape index (κ3) is 2.00. The topological polar surface area (TPSA) is 56.0 Å². The van der Waals surface area contributed by atoms with Crippen LogP contribution in [0.1, 0.15) is 24.8 Å². The van der Waals surface area contributed by atoms with Crippen molar-refractivity contribution in [2.45, 2.75) is 31.4 Å². The Kier molecular flexibility index (Phi) is 3.07. The summed E-state index contributed by atoms with van der Waals surface area (Å²) >= 11 is 0. The second kappa shape index (κ2) is 4.50. The molecule has 0 saturated heterocycles. The van der Waals surface area contributed by atoms with E-state index in [0.29, 0.717) is 5.69 Å². The zero-order valence-corrected chi connectivity index (χ0v) is 8.78. The second-order valence-electron chi connectivity index (χ2n) is 4.02. The Bertz CT molecular complexity index is 428.